The predicted octanol–water partition coefficient (Wildman–Crippen LogP) is 2.64. The van der Waals surface area contributed by atoms with Gasteiger partial charge in [-0.1, -0.05) is 19.8 Å². The molecule has 108 valence electrons. The van der Waals surface area contributed by atoms with Crippen molar-refractivity contribution in [2.24, 2.45) is 11.7 Å². The number of nitrogens with zero attached hydrogens (tertiary/aromatic N) is 1. The maximum atomic E-state index is 5.96. The van der Waals surface area contributed by atoms with Crippen LogP contribution < -0.4 is 5.73 Å². The first-order valence-corrected chi connectivity index (χ1v) is 7.51. The Morgan fingerprint density at radius 2 is 1.94 bits per heavy atom. The molecule has 1 rings (SSSR count). The van der Waals surface area contributed by atoms with Crippen molar-refractivity contribution in [2.75, 3.05) is 26.7 Å². The number of nitrogens with two attached hydrogens (primary N) is 1. The highest BCUT2D eigenvalue weighted by Gasteiger charge is 2.29. The fourth-order valence-corrected chi connectivity index (χ4v) is 3.03. The van der Waals surface area contributed by atoms with Crippen molar-refractivity contribution >= 4 is 0 Å². The summed E-state index contributed by atoms with van der Waals surface area (Å²) in [5, 5.41) is 0. The lowest BCUT2D eigenvalue weighted by Gasteiger charge is -2.40. The Labute approximate surface area is 113 Å². The van der Waals surface area contributed by atoms with E-state index in [1.165, 1.54) is 38.8 Å². The van der Waals surface area contributed by atoms with Crippen LogP contribution in [-0.4, -0.2) is 43.3 Å². The zero-order valence-electron chi connectivity index (χ0n) is 12.7. The number of piperidine rings is 1. The highest BCUT2D eigenvalue weighted by Crippen LogP contribution is 2.26. The van der Waals surface area contributed by atoms with Gasteiger partial charge in [0, 0.05) is 19.7 Å². The van der Waals surface area contributed by atoms with E-state index in [1.807, 2.05) is 0 Å². The number of hydrogen-bond acceptors (Lipinski definition) is 3. The number of methoxy groups -OCH3 is 1. The molecule has 1 fully saturated rings. The summed E-state index contributed by atoms with van der Waals surface area (Å²) in [4.78, 5) is 2.58. The molecule has 3 nitrogen and oxygen atoms in total. The Balaban J connectivity index is 2.43. The number of hydrogen-bond donors (Lipinski definition) is 1. The second kappa shape index (κ2) is 7.46. The zero-order valence-corrected chi connectivity index (χ0v) is 12.7. The monoisotopic (exact) mass is 256 g/mol. The van der Waals surface area contributed by atoms with Gasteiger partial charge in [-0.15, -0.1) is 0 Å². The molecule has 0 aromatic rings. The number of likely N-dealkylation sites (tertiary alicyclic amines) is 1. The second-order valence-corrected chi connectivity index (χ2v) is 6.33. The molecule has 1 unspecified atom stereocenters. The van der Waals surface area contributed by atoms with Gasteiger partial charge in [-0.2, -0.15) is 0 Å². The van der Waals surface area contributed by atoms with E-state index in [-0.39, 0.29) is 5.60 Å². The van der Waals surface area contributed by atoms with Crippen LogP contribution >= 0.6 is 0 Å². The molecule has 0 spiro atoms. The van der Waals surface area contributed by atoms with E-state index in [9.17, 15) is 0 Å². The van der Waals surface area contributed by atoms with Crippen molar-refractivity contribution in [3.63, 3.8) is 0 Å². The van der Waals surface area contributed by atoms with E-state index in [0.29, 0.717) is 6.04 Å². The zero-order chi connectivity index (χ0) is 13.6. The van der Waals surface area contributed by atoms with Gasteiger partial charge in [0.05, 0.1) is 5.60 Å². The Bertz CT molecular complexity index is 223. The van der Waals surface area contributed by atoms with E-state index in [1.54, 1.807) is 7.11 Å². The van der Waals surface area contributed by atoms with Gasteiger partial charge in [0.2, 0.25) is 0 Å². The van der Waals surface area contributed by atoms with Gasteiger partial charge in [0.1, 0.15) is 0 Å². The molecule has 3 heteroatoms. The first kappa shape index (κ1) is 15.9. The minimum Gasteiger partial charge on any atom is -0.379 e. The van der Waals surface area contributed by atoms with E-state index in [0.717, 1.165) is 18.9 Å². The molecule has 0 aromatic carbocycles. The molecular weight excluding hydrogens is 224 g/mol. The summed E-state index contributed by atoms with van der Waals surface area (Å²) in [5.74, 6) is 0.945. The maximum Gasteiger partial charge on any atom is 0.0638 e. The Morgan fingerprint density at radius 3 is 2.39 bits per heavy atom. The van der Waals surface area contributed by atoms with E-state index < -0.39 is 0 Å². The lowest BCUT2D eigenvalue weighted by Crippen LogP contribution is -2.48. The van der Waals surface area contributed by atoms with Crippen LogP contribution in [0.3, 0.4) is 0 Å². The summed E-state index contributed by atoms with van der Waals surface area (Å²) in [6.07, 6.45) is 6.43. The van der Waals surface area contributed by atoms with Gasteiger partial charge >= 0.3 is 0 Å². The predicted molar refractivity (Wildman–Crippen MR) is 77.8 cm³/mol. The number of ether oxygens (including phenoxy) is 1. The van der Waals surface area contributed by atoms with Crippen LogP contribution in [0.15, 0.2) is 0 Å². The van der Waals surface area contributed by atoms with Crippen LogP contribution in [0.5, 0.6) is 0 Å². The van der Waals surface area contributed by atoms with E-state index in [4.69, 9.17) is 10.5 Å². The van der Waals surface area contributed by atoms with Crippen molar-refractivity contribution in [2.45, 2.75) is 64.5 Å². The highest BCUT2D eigenvalue weighted by molar-refractivity contribution is 4.84. The third-order valence-corrected chi connectivity index (χ3v) is 4.41. The largest absolute Gasteiger partial charge is 0.379 e. The van der Waals surface area contributed by atoms with Crippen LogP contribution in [-0.2, 0) is 4.74 Å². The topological polar surface area (TPSA) is 38.5 Å². The lowest BCUT2D eigenvalue weighted by atomic mass is 9.90. The standard InChI is InChI=1S/C15H32N2O/c1-5-6-13-7-9-17(10-8-13)14(12-16)11-15(2,3)18-4/h13-14H,5-12,16H2,1-4H3. The van der Waals surface area contributed by atoms with Gasteiger partial charge in [-0.25, -0.2) is 0 Å². The summed E-state index contributed by atoms with van der Waals surface area (Å²) in [6, 6.07) is 0.475. The van der Waals surface area contributed by atoms with Gasteiger partial charge in [0.15, 0.2) is 0 Å². The fourth-order valence-electron chi connectivity index (χ4n) is 3.03. The molecular formula is C15H32N2O. The Kier molecular flexibility index (Phi) is 6.61. The quantitative estimate of drug-likeness (QED) is 0.761. The molecule has 0 aromatic heterocycles. The lowest BCUT2D eigenvalue weighted by molar-refractivity contribution is -0.0124. The van der Waals surface area contributed by atoms with Gasteiger partial charge < -0.3 is 10.5 Å². The first-order valence-electron chi connectivity index (χ1n) is 7.51. The second-order valence-electron chi connectivity index (χ2n) is 6.33. The summed E-state index contributed by atoms with van der Waals surface area (Å²) in [6.45, 7) is 9.76. The number of rotatable bonds is 7. The smallest absolute Gasteiger partial charge is 0.0638 e. The average molecular weight is 256 g/mol. The summed E-state index contributed by atoms with van der Waals surface area (Å²) >= 11 is 0. The molecule has 0 amide bonds. The average Bonchev–Trinajstić information content (AvgIpc) is 2.37. The van der Waals surface area contributed by atoms with Gasteiger partial charge in [-0.3, -0.25) is 4.90 Å². The molecule has 1 heterocycles. The Morgan fingerprint density at radius 1 is 1.33 bits per heavy atom. The van der Waals surface area contributed by atoms with Crippen molar-refractivity contribution in [1.82, 2.24) is 4.90 Å². The van der Waals surface area contributed by atoms with Gasteiger partial charge in [0.25, 0.3) is 0 Å². The first-order chi connectivity index (χ1) is 8.52. The van der Waals surface area contributed by atoms with Crippen molar-refractivity contribution in [3.8, 4) is 0 Å². The van der Waals surface area contributed by atoms with Gasteiger partial charge in [-0.05, 0) is 52.1 Å². The molecule has 0 aliphatic carbocycles. The molecule has 2 N–H and O–H groups in total. The van der Waals surface area contributed by atoms with E-state index >= 15 is 0 Å². The molecule has 1 atom stereocenters. The van der Waals surface area contributed by atoms with Crippen molar-refractivity contribution < 1.29 is 4.74 Å². The van der Waals surface area contributed by atoms with Crippen LogP contribution in [0.4, 0.5) is 0 Å². The minimum atomic E-state index is -0.0652. The summed E-state index contributed by atoms with van der Waals surface area (Å²) in [7, 11) is 1.79. The molecule has 1 saturated heterocycles. The summed E-state index contributed by atoms with van der Waals surface area (Å²) < 4.78 is 5.54. The molecule has 18 heavy (non-hydrogen) atoms. The van der Waals surface area contributed by atoms with E-state index in [2.05, 4.69) is 25.7 Å². The molecule has 0 bridgehead atoms. The molecule has 0 saturated carbocycles. The summed E-state index contributed by atoms with van der Waals surface area (Å²) in [5.41, 5.74) is 5.90. The van der Waals surface area contributed by atoms with Crippen molar-refractivity contribution in [1.29, 1.82) is 0 Å². The van der Waals surface area contributed by atoms with Crippen LogP contribution in [0.2, 0.25) is 0 Å². The molecule has 1 aliphatic rings. The van der Waals surface area contributed by atoms with Crippen molar-refractivity contribution in [3.05, 3.63) is 0 Å². The van der Waals surface area contributed by atoms with Crippen LogP contribution in [0.25, 0.3) is 0 Å². The highest BCUT2D eigenvalue weighted by atomic mass is 16.5. The maximum absolute atomic E-state index is 5.96. The SMILES string of the molecule is CCCC1CCN(C(CN)CC(C)(C)OC)CC1. The third-order valence-electron chi connectivity index (χ3n) is 4.41. The normalized spacial score (nSPS) is 21.2. The third kappa shape index (κ3) is 4.87. The van der Waals surface area contributed by atoms with Crippen LogP contribution in [0.1, 0.15) is 52.9 Å². The Hall–Kier alpha value is -0.120. The molecule has 1 aliphatic heterocycles. The molecule has 0 radical (unpaired) electrons. The van der Waals surface area contributed by atoms with Crippen LogP contribution in [0, 0.1) is 5.92 Å². The minimum absolute atomic E-state index is 0.0652. The fraction of sp³-hybridized carbons (Fsp3) is 1.00.